The van der Waals surface area contributed by atoms with Crippen LogP contribution in [0.2, 0.25) is 0 Å². The molecular weight excluding hydrogens is 521 g/mol. The van der Waals surface area contributed by atoms with Crippen molar-refractivity contribution >= 4 is 59.7 Å². The first-order valence-electron chi connectivity index (χ1n) is 9.20. The molecule has 4 aromatic rings. The number of nitrogens with one attached hydrogen (secondary N) is 2. The minimum Gasteiger partial charge on any atom is -0.423 e. The second-order valence-corrected chi connectivity index (χ2v) is 9.30. The third-order valence-electron chi connectivity index (χ3n) is 4.54. The fourth-order valence-corrected chi connectivity index (χ4v) is 5.16. The van der Waals surface area contributed by atoms with Crippen LogP contribution in [0, 0.1) is 15.9 Å². The first kappa shape index (κ1) is 22.4. The largest absolute Gasteiger partial charge is 0.423 e. The van der Waals surface area contributed by atoms with Gasteiger partial charge in [-0.2, -0.15) is 0 Å². The van der Waals surface area contributed by atoms with Crippen LogP contribution in [0.15, 0.2) is 85.3 Å². The van der Waals surface area contributed by atoms with Gasteiger partial charge in [-0.25, -0.2) is 17.6 Å². The van der Waals surface area contributed by atoms with E-state index in [0.717, 1.165) is 24.3 Å². The molecule has 0 aliphatic heterocycles. The molecule has 3 aromatic carbocycles. The number of halogens is 2. The summed E-state index contributed by atoms with van der Waals surface area (Å²) < 4.78 is 46.0. The number of nitro groups is 1. The van der Waals surface area contributed by atoms with Gasteiger partial charge in [0.2, 0.25) is 0 Å². The average molecular weight is 534 g/mol. The van der Waals surface area contributed by atoms with E-state index >= 15 is 0 Å². The van der Waals surface area contributed by atoms with Gasteiger partial charge in [0, 0.05) is 39.4 Å². The maximum atomic E-state index is 13.3. The number of benzene rings is 3. The third kappa shape index (κ3) is 4.86. The summed E-state index contributed by atoms with van der Waals surface area (Å²) in [5.41, 5.74) is 0.367. The number of rotatable bonds is 6. The summed E-state index contributed by atoms with van der Waals surface area (Å²) in [6, 6.07) is 14.3. The van der Waals surface area contributed by atoms with Crippen LogP contribution in [0.1, 0.15) is 0 Å². The van der Waals surface area contributed by atoms with Crippen molar-refractivity contribution in [3.63, 3.8) is 0 Å². The van der Waals surface area contributed by atoms with Gasteiger partial charge >= 0.3 is 5.63 Å². The van der Waals surface area contributed by atoms with Crippen LogP contribution in [0.3, 0.4) is 0 Å². The zero-order valence-corrected chi connectivity index (χ0v) is 18.8. The SMILES string of the molecule is O=c1cc(Nc2ccc(NS(=O)(=O)c3ccc(F)cc3Br)cc2)c2cc([N+](=O)[O-])ccc2o1. The van der Waals surface area contributed by atoms with Crippen LogP contribution < -0.4 is 15.7 Å². The standard InChI is InChI=1S/C21H13BrFN3O6S/c22-17-9-12(23)1-8-20(17)33(30,31)25-14-4-2-13(3-5-14)24-18-11-21(27)32-19-7-6-15(26(28)29)10-16(18)19/h1-11,24-25H. The fourth-order valence-electron chi connectivity index (χ4n) is 3.05. The molecule has 0 radical (unpaired) electrons. The molecule has 33 heavy (non-hydrogen) atoms. The summed E-state index contributed by atoms with van der Waals surface area (Å²) in [5, 5.41) is 14.4. The number of sulfonamides is 1. The van der Waals surface area contributed by atoms with Crippen molar-refractivity contribution in [3.8, 4) is 0 Å². The van der Waals surface area contributed by atoms with Gasteiger partial charge < -0.3 is 9.73 Å². The van der Waals surface area contributed by atoms with Crippen molar-refractivity contribution in [2.45, 2.75) is 4.90 Å². The summed E-state index contributed by atoms with van der Waals surface area (Å²) in [6.45, 7) is 0. The van der Waals surface area contributed by atoms with E-state index in [4.69, 9.17) is 4.42 Å². The maximum absolute atomic E-state index is 13.3. The lowest BCUT2D eigenvalue weighted by Gasteiger charge is -2.12. The first-order chi connectivity index (χ1) is 15.6. The second-order valence-electron chi connectivity index (χ2n) is 6.80. The molecule has 0 saturated carbocycles. The Morgan fingerprint density at radius 1 is 0.970 bits per heavy atom. The van der Waals surface area contributed by atoms with Crippen LogP contribution in [-0.2, 0) is 10.0 Å². The summed E-state index contributed by atoms with van der Waals surface area (Å²) in [6.07, 6.45) is 0. The number of non-ortho nitro benzene ring substituents is 1. The molecule has 0 atom stereocenters. The number of fused-ring (bicyclic) bond motifs is 1. The van der Waals surface area contributed by atoms with Crippen molar-refractivity contribution in [2.75, 3.05) is 10.0 Å². The van der Waals surface area contributed by atoms with Gasteiger partial charge in [0.05, 0.1) is 10.6 Å². The average Bonchev–Trinajstić information content (AvgIpc) is 2.74. The van der Waals surface area contributed by atoms with Gasteiger partial charge in [-0.3, -0.25) is 14.8 Å². The van der Waals surface area contributed by atoms with Gasteiger partial charge in [0.15, 0.2) is 0 Å². The molecule has 0 bridgehead atoms. The molecule has 9 nitrogen and oxygen atoms in total. The highest BCUT2D eigenvalue weighted by Crippen LogP contribution is 2.30. The Kier molecular flexibility index (Phi) is 5.87. The zero-order valence-electron chi connectivity index (χ0n) is 16.4. The number of hydrogen-bond donors (Lipinski definition) is 2. The molecule has 2 N–H and O–H groups in total. The van der Waals surface area contributed by atoms with E-state index in [9.17, 15) is 27.7 Å². The summed E-state index contributed by atoms with van der Waals surface area (Å²) in [4.78, 5) is 22.3. The summed E-state index contributed by atoms with van der Waals surface area (Å²) in [7, 11) is -3.98. The Hall–Kier alpha value is -3.77. The fraction of sp³-hybridized carbons (Fsp3) is 0. The minimum atomic E-state index is -3.98. The van der Waals surface area contributed by atoms with E-state index in [1.165, 1.54) is 30.3 Å². The van der Waals surface area contributed by atoms with Crippen LogP contribution in [0.25, 0.3) is 11.0 Å². The Morgan fingerprint density at radius 3 is 2.33 bits per heavy atom. The minimum absolute atomic E-state index is 0.0807. The molecule has 1 aromatic heterocycles. The van der Waals surface area contributed by atoms with Crippen molar-refractivity contribution in [1.82, 2.24) is 0 Å². The Bertz CT molecular complexity index is 1560. The van der Waals surface area contributed by atoms with Gasteiger partial charge in [-0.15, -0.1) is 0 Å². The lowest BCUT2D eigenvalue weighted by atomic mass is 10.1. The number of nitro benzene ring substituents is 1. The van der Waals surface area contributed by atoms with Gasteiger partial charge in [-0.1, -0.05) is 0 Å². The first-order valence-corrected chi connectivity index (χ1v) is 11.5. The quantitative estimate of drug-likeness (QED) is 0.199. The topological polar surface area (TPSA) is 132 Å². The molecule has 0 fully saturated rings. The second kappa shape index (κ2) is 8.64. The van der Waals surface area contributed by atoms with E-state index < -0.39 is 26.4 Å². The predicted octanol–water partition coefficient (Wildman–Crippen LogP) is 5.15. The number of anilines is 3. The molecule has 168 valence electrons. The van der Waals surface area contributed by atoms with Crippen molar-refractivity contribution in [3.05, 3.63) is 97.6 Å². The van der Waals surface area contributed by atoms with E-state index in [1.54, 1.807) is 12.1 Å². The predicted molar refractivity (Wildman–Crippen MR) is 124 cm³/mol. The number of nitrogens with zero attached hydrogens (tertiary/aromatic N) is 1. The van der Waals surface area contributed by atoms with E-state index in [2.05, 4.69) is 26.0 Å². The Labute approximate surface area is 194 Å². The molecule has 0 spiro atoms. The normalized spacial score (nSPS) is 11.3. The third-order valence-corrected chi connectivity index (χ3v) is 6.89. The van der Waals surface area contributed by atoms with Crippen molar-refractivity contribution < 1.29 is 22.1 Å². The molecule has 0 amide bonds. The highest BCUT2D eigenvalue weighted by molar-refractivity contribution is 9.10. The van der Waals surface area contributed by atoms with Crippen LogP contribution >= 0.6 is 15.9 Å². The molecule has 12 heteroatoms. The van der Waals surface area contributed by atoms with Crippen molar-refractivity contribution in [1.29, 1.82) is 0 Å². The highest BCUT2D eigenvalue weighted by Gasteiger charge is 2.18. The zero-order chi connectivity index (χ0) is 23.8. The Balaban J connectivity index is 1.60. The summed E-state index contributed by atoms with van der Waals surface area (Å²) in [5.74, 6) is -0.580. The molecule has 4 rings (SSSR count). The van der Waals surface area contributed by atoms with Gasteiger partial charge in [0.1, 0.15) is 16.3 Å². The smallest absolute Gasteiger partial charge is 0.338 e. The lowest BCUT2D eigenvalue weighted by Crippen LogP contribution is -2.13. The molecule has 0 aliphatic carbocycles. The Morgan fingerprint density at radius 2 is 1.67 bits per heavy atom. The lowest BCUT2D eigenvalue weighted by molar-refractivity contribution is -0.384. The summed E-state index contributed by atoms with van der Waals surface area (Å²) >= 11 is 3.04. The maximum Gasteiger partial charge on any atom is 0.338 e. The van der Waals surface area contributed by atoms with Gasteiger partial charge in [-0.05, 0) is 64.5 Å². The van der Waals surface area contributed by atoms with Gasteiger partial charge in [0.25, 0.3) is 15.7 Å². The van der Waals surface area contributed by atoms with Crippen LogP contribution in [0.5, 0.6) is 0 Å². The molecule has 1 heterocycles. The van der Waals surface area contributed by atoms with E-state index in [1.807, 2.05) is 0 Å². The highest BCUT2D eigenvalue weighted by atomic mass is 79.9. The molecule has 0 unspecified atom stereocenters. The van der Waals surface area contributed by atoms with Crippen LogP contribution in [-0.4, -0.2) is 13.3 Å². The molecular formula is C21H13BrFN3O6S. The van der Waals surface area contributed by atoms with E-state index in [0.29, 0.717) is 11.1 Å². The monoisotopic (exact) mass is 533 g/mol. The van der Waals surface area contributed by atoms with Crippen LogP contribution in [0.4, 0.5) is 27.1 Å². The number of hydrogen-bond acceptors (Lipinski definition) is 7. The molecule has 0 saturated heterocycles. The molecule has 0 aliphatic rings. The van der Waals surface area contributed by atoms with Crippen molar-refractivity contribution in [2.24, 2.45) is 0 Å². The van der Waals surface area contributed by atoms with E-state index in [-0.39, 0.29) is 32.0 Å².